The molecular weight excluding hydrogens is 310 g/mol. The van der Waals surface area contributed by atoms with Crippen molar-refractivity contribution in [2.24, 2.45) is 0 Å². The summed E-state index contributed by atoms with van der Waals surface area (Å²) in [6.07, 6.45) is 4.11. The molecule has 2 aromatic heterocycles. The minimum absolute atomic E-state index is 0.0675. The third kappa shape index (κ3) is 4.14. The van der Waals surface area contributed by atoms with E-state index in [1.54, 1.807) is 29.5 Å². The summed E-state index contributed by atoms with van der Waals surface area (Å²) in [5.74, 6) is 0.789. The van der Waals surface area contributed by atoms with E-state index in [2.05, 4.69) is 27.7 Å². The zero-order valence-electron chi connectivity index (χ0n) is 13.4. The standard InChI is InChI=1S/C17H23N3O2S/c1-19(13-14-6-4-10-22-14)17(21)18-12-15(16-7-5-11-23-16)20-8-2-3-9-20/h4-7,10-11,15H,2-3,8-9,12-13H2,1H3,(H,18,21). The average molecular weight is 333 g/mol. The van der Waals surface area contributed by atoms with Gasteiger partial charge in [-0.2, -0.15) is 0 Å². The number of thiophene rings is 1. The molecule has 23 heavy (non-hydrogen) atoms. The van der Waals surface area contributed by atoms with Gasteiger partial charge in [-0.25, -0.2) is 4.79 Å². The van der Waals surface area contributed by atoms with Crippen LogP contribution in [0.1, 0.15) is 29.5 Å². The van der Waals surface area contributed by atoms with Crippen LogP contribution in [0.15, 0.2) is 40.3 Å². The minimum Gasteiger partial charge on any atom is -0.467 e. The van der Waals surface area contributed by atoms with Gasteiger partial charge in [0, 0.05) is 18.5 Å². The molecule has 2 aromatic rings. The van der Waals surface area contributed by atoms with E-state index in [1.165, 1.54) is 17.7 Å². The molecule has 1 unspecified atom stereocenters. The summed E-state index contributed by atoms with van der Waals surface area (Å²) in [6, 6.07) is 8.16. The third-order valence-electron chi connectivity index (χ3n) is 4.22. The van der Waals surface area contributed by atoms with Crippen molar-refractivity contribution in [3.63, 3.8) is 0 Å². The molecule has 1 saturated heterocycles. The van der Waals surface area contributed by atoms with Crippen LogP contribution in [0.5, 0.6) is 0 Å². The summed E-state index contributed by atoms with van der Waals surface area (Å²) in [5, 5.41) is 5.17. The topological polar surface area (TPSA) is 48.7 Å². The first-order valence-corrected chi connectivity index (χ1v) is 8.91. The lowest BCUT2D eigenvalue weighted by atomic mass is 10.2. The molecule has 1 fully saturated rings. The Kier molecular flexibility index (Phi) is 5.35. The second-order valence-electron chi connectivity index (χ2n) is 5.90. The molecule has 5 nitrogen and oxygen atoms in total. The van der Waals surface area contributed by atoms with Crippen LogP contribution in [0.4, 0.5) is 4.79 Å². The number of carbonyl (C=O) groups is 1. The second kappa shape index (κ2) is 7.66. The Morgan fingerprint density at radius 3 is 2.87 bits per heavy atom. The minimum atomic E-state index is -0.0675. The summed E-state index contributed by atoms with van der Waals surface area (Å²) in [5.41, 5.74) is 0. The van der Waals surface area contributed by atoms with E-state index in [0.29, 0.717) is 13.1 Å². The molecule has 0 radical (unpaired) electrons. The third-order valence-corrected chi connectivity index (χ3v) is 5.19. The molecule has 2 amide bonds. The van der Waals surface area contributed by atoms with Gasteiger partial charge in [-0.15, -0.1) is 11.3 Å². The highest BCUT2D eigenvalue weighted by Crippen LogP contribution is 2.27. The summed E-state index contributed by atoms with van der Waals surface area (Å²) in [7, 11) is 1.79. The molecule has 3 rings (SSSR count). The number of nitrogens with one attached hydrogen (secondary N) is 1. The quantitative estimate of drug-likeness (QED) is 0.882. The Labute approximate surface area is 140 Å². The number of nitrogens with zero attached hydrogens (tertiary/aromatic N) is 2. The SMILES string of the molecule is CN(Cc1ccco1)C(=O)NCC(c1cccs1)N1CCCC1. The van der Waals surface area contributed by atoms with Crippen LogP contribution < -0.4 is 5.32 Å². The van der Waals surface area contributed by atoms with E-state index in [9.17, 15) is 4.79 Å². The first-order valence-electron chi connectivity index (χ1n) is 8.03. The van der Waals surface area contributed by atoms with Crippen LogP contribution in [0.3, 0.4) is 0 Å². The Morgan fingerprint density at radius 1 is 1.39 bits per heavy atom. The van der Waals surface area contributed by atoms with Crippen molar-refractivity contribution in [3.8, 4) is 0 Å². The van der Waals surface area contributed by atoms with E-state index >= 15 is 0 Å². The summed E-state index contributed by atoms with van der Waals surface area (Å²) >= 11 is 1.76. The highest BCUT2D eigenvalue weighted by atomic mass is 32.1. The van der Waals surface area contributed by atoms with Gasteiger partial charge >= 0.3 is 6.03 Å². The van der Waals surface area contributed by atoms with Crippen molar-refractivity contribution in [2.75, 3.05) is 26.7 Å². The van der Waals surface area contributed by atoms with Crippen LogP contribution in [0.25, 0.3) is 0 Å². The number of amides is 2. The fraction of sp³-hybridized carbons (Fsp3) is 0.471. The van der Waals surface area contributed by atoms with Crippen molar-refractivity contribution in [2.45, 2.75) is 25.4 Å². The van der Waals surface area contributed by atoms with Gasteiger partial charge in [0.05, 0.1) is 18.8 Å². The Hall–Kier alpha value is -1.79. The van der Waals surface area contributed by atoms with Crippen molar-refractivity contribution >= 4 is 17.4 Å². The molecule has 1 aliphatic heterocycles. The van der Waals surface area contributed by atoms with Gasteiger partial charge < -0.3 is 14.6 Å². The fourth-order valence-corrected chi connectivity index (χ4v) is 3.83. The number of hydrogen-bond donors (Lipinski definition) is 1. The fourth-order valence-electron chi connectivity index (χ4n) is 2.97. The molecule has 0 saturated carbocycles. The number of hydrogen-bond acceptors (Lipinski definition) is 4. The first kappa shape index (κ1) is 16.1. The van der Waals surface area contributed by atoms with Gasteiger partial charge in [-0.3, -0.25) is 4.90 Å². The van der Waals surface area contributed by atoms with Crippen LogP contribution in [0.2, 0.25) is 0 Å². The van der Waals surface area contributed by atoms with Crippen molar-refractivity contribution < 1.29 is 9.21 Å². The van der Waals surface area contributed by atoms with Crippen LogP contribution in [-0.4, -0.2) is 42.5 Å². The largest absolute Gasteiger partial charge is 0.467 e. The molecule has 6 heteroatoms. The number of furan rings is 1. The maximum absolute atomic E-state index is 12.3. The maximum Gasteiger partial charge on any atom is 0.317 e. The van der Waals surface area contributed by atoms with Gasteiger partial charge in [-0.05, 0) is 49.5 Å². The Balaban J connectivity index is 1.56. The highest BCUT2D eigenvalue weighted by Gasteiger charge is 2.25. The van der Waals surface area contributed by atoms with Gasteiger partial charge in [0.2, 0.25) is 0 Å². The lowest BCUT2D eigenvalue weighted by Crippen LogP contribution is -2.41. The predicted molar refractivity (Wildman–Crippen MR) is 91.4 cm³/mol. The van der Waals surface area contributed by atoms with Crippen LogP contribution in [0, 0.1) is 0 Å². The number of rotatable bonds is 6. The van der Waals surface area contributed by atoms with E-state index < -0.39 is 0 Å². The zero-order valence-corrected chi connectivity index (χ0v) is 14.2. The van der Waals surface area contributed by atoms with Crippen molar-refractivity contribution in [1.29, 1.82) is 0 Å². The van der Waals surface area contributed by atoms with E-state index in [1.807, 2.05) is 12.1 Å². The molecule has 0 bridgehead atoms. The number of carbonyl (C=O) groups excluding carboxylic acids is 1. The lowest BCUT2D eigenvalue weighted by Gasteiger charge is -2.28. The van der Waals surface area contributed by atoms with E-state index in [0.717, 1.165) is 18.8 Å². The van der Waals surface area contributed by atoms with E-state index in [4.69, 9.17) is 4.42 Å². The Morgan fingerprint density at radius 2 is 2.22 bits per heavy atom. The van der Waals surface area contributed by atoms with Gasteiger partial charge in [-0.1, -0.05) is 6.07 Å². The predicted octanol–water partition coefficient (Wildman–Crippen LogP) is 3.32. The van der Waals surface area contributed by atoms with E-state index in [-0.39, 0.29) is 12.1 Å². The number of likely N-dealkylation sites (tertiary alicyclic amines) is 1. The van der Waals surface area contributed by atoms with Gasteiger partial charge in [0.1, 0.15) is 5.76 Å². The van der Waals surface area contributed by atoms with Crippen molar-refractivity contribution in [1.82, 2.24) is 15.1 Å². The zero-order chi connectivity index (χ0) is 16.1. The monoisotopic (exact) mass is 333 g/mol. The summed E-state index contributed by atoms with van der Waals surface area (Å²) in [6.45, 7) is 3.34. The normalized spacial score (nSPS) is 16.4. The average Bonchev–Trinajstić information content (AvgIpc) is 3.31. The highest BCUT2D eigenvalue weighted by molar-refractivity contribution is 7.10. The van der Waals surface area contributed by atoms with Gasteiger partial charge in [0.25, 0.3) is 0 Å². The molecule has 0 aromatic carbocycles. The smallest absolute Gasteiger partial charge is 0.317 e. The molecule has 1 atom stereocenters. The Bertz CT molecular complexity index is 591. The molecule has 0 aliphatic carbocycles. The molecule has 3 heterocycles. The molecule has 1 aliphatic rings. The molecular formula is C17H23N3O2S. The van der Waals surface area contributed by atoms with Crippen LogP contribution in [-0.2, 0) is 6.54 Å². The first-order chi connectivity index (χ1) is 11.2. The summed E-state index contributed by atoms with van der Waals surface area (Å²) < 4.78 is 5.29. The van der Waals surface area contributed by atoms with Crippen LogP contribution >= 0.6 is 11.3 Å². The molecule has 0 spiro atoms. The molecule has 124 valence electrons. The lowest BCUT2D eigenvalue weighted by molar-refractivity contribution is 0.193. The number of urea groups is 1. The second-order valence-corrected chi connectivity index (χ2v) is 6.88. The summed E-state index contributed by atoms with van der Waals surface area (Å²) in [4.78, 5) is 17.8. The van der Waals surface area contributed by atoms with Gasteiger partial charge in [0.15, 0.2) is 0 Å². The maximum atomic E-state index is 12.3. The van der Waals surface area contributed by atoms with Crippen molar-refractivity contribution in [3.05, 3.63) is 46.5 Å². The molecule has 1 N–H and O–H groups in total.